The van der Waals surface area contributed by atoms with E-state index in [1.54, 1.807) is 13.8 Å². The van der Waals surface area contributed by atoms with Gasteiger partial charge in [-0.25, -0.2) is 8.42 Å². The van der Waals surface area contributed by atoms with Crippen LogP contribution in [0, 0.1) is 0 Å². The first-order valence-electron chi connectivity index (χ1n) is 7.37. The van der Waals surface area contributed by atoms with Crippen molar-refractivity contribution in [3.05, 3.63) is 35.4 Å². The summed E-state index contributed by atoms with van der Waals surface area (Å²) in [7, 11) is -1.26. The molecule has 0 saturated heterocycles. The zero-order chi connectivity index (χ0) is 18.8. The molecule has 0 amide bonds. The molecule has 0 radical (unpaired) electrons. The summed E-state index contributed by atoms with van der Waals surface area (Å²) in [6.45, 7) is 3.44. The van der Waals surface area contributed by atoms with E-state index in [2.05, 4.69) is 0 Å². The maximum absolute atomic E-state index is 13.1. The Labute approximate surface area is 151 Å². The van der Waals surface area contributed by atoms with Crippen molar-refractivity contribution in [1.29, 1.82) is 0 Å². The van der Waals surface area contributed by atoms with Crippen LogP contribution in [0.5, 0.6) is 23.0 Å². The number of sulfone groups is 1. The van der Waals surface area contributed by atoms with Gasteiger partial charge in [-0.15, -0.1) is 0 Å². The maximum atomic E-state index is 13.1. The number of rotatable bonds is 6. The fraction of sp³-hybridized carbons (Fsp3) is 0.294. The van der Waals surface area contributed by atoms with Gasteiger partial charge in [0.25, 0.3) is 0 Å². The minimum atomic E-state index is -4.08. The van der Waals surface area contributed by atoms with Gasteiger partial charge in [0, 0.05) is 17.2 Å². The second kappa shape index (κ2) is 7.41. The number of phenols is 1. The van der Waals surface area contributed by atoms with Gasteiger partial charge in [-0.1, -0.05) is 11.6 Å². The van der Waals surface area contributed by atoms with E-state index in [-0.39, 0.29) is 38.2 Å². The predicted octanol–water partition coefficient (Wildman–Crippen LogP) is 3.68. The molecule has 0 unspecified atom stereocenters. The molecule has 0 aliphatic carbocycles. The van der Waals surface area contributed by atoms with Crippen LogP contribution in [0.4, 0.5) is 0 Å². The van der Waals surface area contributed by atoms with Gasteiger partial charge in [0.15, 0.2) is 11.5 Å². The van der Waals surface area contributed by atoms with Gasteiger partial charge in [0.05, 0.1) is 20.3 Å². The van der Waals surface area contributed by atoms with E-state index in [1.807, 2.05) is 0 Å². The Hall–Kier alpha value is -2.12. The van der Waals surface area contributed by atoms with Gasteiger partial charge in [-0.3, -0.25) is 0 Å². The molecule has 0 saturated carbocycles. The van der Waals surface area contributed by atoms with Crippen molar-refractivity contribution < 1.29 is 27.7 Å². The Morgan fingerprint density at radius 3 is 2.28 bits per heavy atom. The molecule has 0 bridgehead atoms. The first kappa shape index (κ1) is 19.2. The van der Waals surface area contributed by atoms with E-state index in [0.29, 0.717) is 5.75 Å². The fourth-order valence-electron chi connectivity index (χ4n) is 2.22. The Balaban J connectivity index is 2.72. The van der Waals surface area contributed by atoms with Crippen LogP contribution < -0.4 is 14.2 Å². The molecule has 6 nitrogen and oxygen atoms in total. The molecule has 2 aromatic rings. The average molecular weight is 387 g/mol. The standard InChI is InChI=1S/C17H19ClO6S/c1-10(2)24-17-13(19)7-11(18)8-16(17)25(20,21)15-6-5-12(22-3)9-14(15)23-4/h5-10,19H,1-4H3. The van der Waals surface area contributed by atoms with Gasteiger partial charge >= 0.3 is 0 Å². The van der Waals surface area contributed by atoms with Gasteiger partial charge in [-0.05, 0) is 32.0 Å². The summed E-state index contributed by atoms with van der Waals surface area (Å²) < 4.78 is 42.1. The number of hydrogen-bond donors (Lipinski definition) is 1. The molecule has 0 heterocycles. The number of hydrogen-bond acceptors (Lipinski definition) is 6. The van der Waals surface area contributed by atoms with E-state index in [9.17, 15) is 13.5 Å². The zero-order valence-electron chi connectivity index (χ0n) is 14.2. The molecule has 2 aromatic carbocycles. The van der Waals surface area contributed by atoms with E-state index in [0.717, 1.165) is 0 Å². The lowest BCUT2D eigenvalue weighted by Gasteiger charge is -2.17. The predicted molar refractivity (Wildman–Crippen MR) is 93.9 cm³/mol. The lowest BCUT2D eigenvalue weighted by atomic mass is 10.3. The zero-order valence-corrected chi connectivity index (χ0v) is 15.8. The van der Waals surface area contributed by atoms with Gasteiger partial charge < -0.3 is 19.3 Å². The topological polar surface area (TPSA) is 82.1 Å². The summed E-state index contributed by atoms with van der Waals surface area (Å²) >= 11 is 5.94. The molecule has 0 aliphatic rings. The second-order valence-electron chi connectivity index (χ2n) is 5.44. The molecule has 0 aromatic heterocycles. The maximum Gasteiger partial charge on any atom is 0.214 e. The minimum absolute atomic E-state index is 0.0691. The number of halogens is 1. The van der Waals surface area contributed by atoms with E-state index in [1.165, 1.54) is 44.6 Å². The Morgan fingerprint density at radius 1 is 1.04 bits per heavy atom. The summed E-state index contributed by atoms with van der Waals surface area (Å²) in [5.74, 6) is 0.0437. The summed E-state index contributed by atoms with van der Waals surface area (Å²) in [4.78, 5) is -0.333. The summed E-state index contributed by atoms with van der Waals surface area (Å²) in [5.41, 5.74) is 0. The first-order chi connectivity index (χ1) is 11.7. The number of benzene rings is 2. The van der Waals surface area contributed by atoms with Crippen LogP contribution in [0.3, 0.4) is 0 Å². The summed E-state index contributed by atoms with van der Waals surface area (Å²) in [5, 5.41) is 10.2. The van der Waals surface area contributed by atoms with Crippen LogP contribution in [0.1, 0.15) is 13.8 Å². The molecule has 25 heavy (non-hydrogen) atoms. The van der Waals surface area contributed by atoms with Gasteiger partial charge in [-0.2, -0.15) is 0 Å². The molecule has 0 atom stereocenters. The first-order valence-corrected chi connectivity index (χ1v) is 9.23. The van der Waals surface area contributed by atoms with Crippen LogP contribution >= 0.6 is 11.6 Å². The molecular weight excluding hydrogens is 368 g/mol. The van der Waals surface area contributed by atoms with Crippen LogP contribution in [0.2, 0.25) is 5.02 Å². The van der Waals surface area contributed by atoms with E-state index in [4.69, 9.17) is 25.8 Å². The number of methoxy groups -OCH3 is 2. The Morgan fingerprint density at radius 2 is 1.72 bits per heavy atom. The molecule has 136 valence electrons. The highest BCUT2D eigenvalue weighted by atomic mass is 35.5. The highest BCUT2D eigenvalue weighted by molar-refractivity contribution is 7.91. The third-order valence-electron chi connectivity index (χ3n) is 3.30. The molecule has 0 fully saturated rings. The lowest BCUT2D eigenvalue weighted by molar-refractivity contribution is 0.225. The lowest BCUT2D eigenvalue weighted by Crippen LogP contribution is -2.11. The average Bonchev–Trinajstić information content (AvgIpc) is 2.55. The molecule has 0 spiro atoms. The Kier molecular flexibility index (Phi) is 5.69. The number of phenolic OH excluding ortho intramolecular Hbond substituents is 1. The molecule has 1 N–H and O–H groups in total. The fourth-order valence-corrected chi connectivity index (χ4v) is 4.07. The van der Waals surface area contributed by atoms with Crippen molar-refractivity contribution in [2.75, 3.05) is 14.2 Å². The van der Waals surface area contributed by atoms with Gasteiger partial charge in [0.2, 0.25) is 9.84 Å². The van der Waals surface area contributed by atoms with E-state index >= 15 is 0 Å². The van der Waals surface area contributed by atoms with Gasteiger partial charge in [0.1, 0.15) is 21.3 Å². The number of ether oxygens (including phenoxy) is 3. The van der Waals surface area contributed by atoms with Crippen molar-refractivity contribution in [2.24, 2.45) is 0 Å². The second-order valence-corrected chi connectivity index (χ2v) is 7.76. The monoisotopic (exact) mass is 386 g/mol. The minimum Gasteiger partial charge on any atom is -0.504 e. The van der Waals surface area contributed by atoms with Crippen molar-refractivity contribution in [1.82, 2.24) is 0 Å². The van der Waals surface area contributed by atoms with Crippen molar-refractivity contribution >= 4 is 21.4 Å². The molecule has 0 aliphatic heterocycles. The number of aromatic hydroxyl groups is 1. The van der Waals surface area contributed by atoms with Crippen LogP contribution in [0.25, 0.3) is 0 Å². The SMILES string of the molecule is COc1ccc(S(=O)(=O)c2cc(Cl)cc(O)c2OC(C)C)c(OC)c1. The highest BCUT2D eigenvalue weighted by Crippen LogP contribution is 2.42. The summed E-state index contributed by atoms with van der Waals surface area (Å²) in [6, 6.07) is 6.79. The smallest absolute Gasteiger partial charge is 0.214 e. The third kappa shape index (κ3) is 3.93. The van der Waals surface area contributed by atoms with Crippen molar-refractivity contribution in [3.8, 4) is 23.0 Å². The molecular formula is C17H19ClO6S. The Bertz CT molecular complexity index is 877. The summed E-state index contributed by atoms with van der Waals surface area (Å²) in [6.07, 6.45) is -0.348. The quantitative estimate of drug-likeness (QED) is 0.815. The van der Waals surface area contributed by atoms with E-state index < -0.39 is 9.84 Å². The van der Waals surface area contributed by atoms with Crippen molar-refractivity contribution in [3.63, 3.8) is 0 Å². The van der Waals surface area contributed by atoms with Crippen LogP contribution in [-0.4, -0.2) is 33.8 Å². The largest absolute Gasteiger partial charge is 0.504 e. The molecule has 2 rings (SSSR count). The third-order valence-corrected chi connectivity index (χ3v) is 5.32. The normalized spacial score (nSPS) is 11.4. The molecule has 8 heteroatoms. The van der Waals surface area contributed by atoms with Crippen molar-refractivity contribution in [2.45, 2.75) is 29.7 Å². The van der Waals surface area contributed by atoms with Crippen LogP contribution in [0.15, 0.2) is 40.1 Å². The highest BCUT2D eigenvalue weighted by Gasteiger charge is 2.29. The van der Waals surface area contributed by atoms with Crippen LogP contribution in [-0.2, 0) is 9.84 Å².